The Kier molecular flexibility index (Phi) is 5.45. The summed E-state index contributed by atoms with van der Waals surface area (Å²) in [5.74, 6) is 0.914. The van der Waals surface area contributed by atoms with Crippen LogP contribution >= 0.6 is 11.8 Å². The summed E-state index contributed by atoms with van der Waals surface area (Å²) in [4.78, 5) is 2.24. The van der Waals surface area contributed by atoms with Gasteiger partial charge in [0.25, 0.3) is 0 Å². The third kappa shape index (κ3) is 3.87. The van der Waals surface area contributed by atoms with Crippen molar-refractivity contribution in [2.24, 2.45) is 7.05 Å². The molecular formula is C21H24N4OS. The lowest BCUT2D eigenvalue weighted by Crippen LogP contribution is -2.37. The predicted molar refractivity (Wildman–Crippen MR) is 109 cm³/mol. The molecule has 1 saturated heterocycles. The van der Waals surface area contributed by atoms with Crippen molar-refractivity contribution in [1.29, 1.82) is 0 Å². The first-order valence-corrected chi connectivity index (χ1v) is 10.1. The van der Waals surface area contributed by atoms with Gasteiger partial charge in [0, 0.05) is 20.1 Å². The summed E-state index contributed by atoms with van der Waals surface area (Å²) in [6.07, 6.45) is 0. The van der Waals surface area contributed by atoms with E-state index in [-0.39, 0.29) is 5.25 Å². The normalized spacial score (nSPS) is 15.7. The van der Waals surface area contributed by atoms with Gasteiger partial charge in [0.2, 0.25) is 5.95 Å². The maximum atomic E-state index is 5.46. The number of nitrogens with zero attached hydrogens (tertiary/aromatic N) is 4. The van der Waals surface area contributed by atoms with Crippen molar-refractivity contribution in [3.8, 4) is 0 Å². The van der Waals surface area contributed by atoms with Gasteiger partial charge in [-0.25, -0.2) is 0 Å². The number of benzene rings is 2. The fourth-order valence-electron chi connectivity index (χ4n) is 3.37. The van der Waals surface area contributed by atoms with Gasteiger partial charge in [0.15, 0.2) is 5.16 Å². The second kappa shape index (κ2) is 8.15. The number of morpholine rings is 1. The lowest BCUT2D eigenvalue weighted by atomic mass is 10.0. The SMILES string of the molecule is Cc1ccccc1[C@@H](Sc1nnc(N2CCOCC2)n1C)c1ccccc1. The molecule has 0 saturated carbocycles. The average molecular weight is 381 g/mol. The molecule has 1 aliphatic heterocycles. The molecule has 1 fully saturated rings. The minimum absolute atomic E-state index is 0.174. The number of aromatic nitrogens is 3. The van der Waals surface area contributed by atoms with E-state index in [4.69, 9.17) is 4.74 Å². The molecule has 0 bridgehead atoms. The highest BCUT2D eigenvalue weighted by Crippen LogP contribution is 2.41. The van der Waals surface area contributed by atoms with Gasteiger partial charge in [-0.2, -0.15) is 0 Å². The summed E-state index contributed by atoms with van der Waals surface area (Å²) >= 11 is 1.75. The Morgan fingerprint density at radius 3 is 2.41 bits per heavy atom. The second-order valence-electron chi connectivity index (χ2n) is 6.71. The van der Waals surface area contributed by atoms with E-state index in [0.29, 0.717) is 0 Å². The minimum Gasteiger partial charge on any atom is -0.378 e. The summed E-state index contributed by atoms with van der Waals surface area (Å²) in [5, 5.41) is 10.1. The van der Waals surface area contributed by atoms with Gasteiger partial charge >= 0.3 is 0 Å². The van der Waals surface area contributed by atoms with Crippen LogP contribution in [0.1, 0.15) is 21.9 Å². The molecule has 0 N–H and O–H groups in total. The number of thioether (sulfide) groups is 1. The molecule has 5 nitrogen and oxygen atoms in total. The second-order valence-corrected chi connectivity index (χ2v) is 7.78. The Morgan fingerprint density at radius 2 is 1.67 bits per heavy atom. The van der Waals surface area contributed by atoms with Crippen molar-refractivity contribution in [2.75, 3.05) is 31.2 Å². The molecule has 2 aromatic carbocycles. The number of ether oxygens (including phenoxy) is 1. The first kappa shape index (κ1) is 18.1. The molecule has 0 unspecified atom stereocenters. The van der Waals surface area contributed by atoms with Gasteiger partial charge in [0.05, 0.1) is 18.5 Å². The first-order valence-electron chi connectivity index (χ1n) is 9.23. The standard InChI is InChI=1S/C21H24N4OS/c1-16-8-6-7-11-18(16)19(17-9-4-3-5-10-17)27-21-23-22-20(24(21)2)25-12-14-26-15-13-25/h3-11,19H,12-15H2,1-2H3/t19-/m0/s1. The van der Waals surface area contributed by atoms with Crippen LogP contribution in [0.4, 0.5) is 5.95 Å². The van der Waals surface area contributed by atoms with E-state index in [9.17, 15) is 0 Å². The monoisotopic (exact) mass is 380 g/mol. The number of hydrogen-bond acceptors (Lipinski definition) is 5. The third-order valence-electron chi connectivity index (χ3n) is 4.90. The molecule has 2 heterocycles. The maximum Gasteiger partial charge on any atom is 0.227 e. The molecule has 6 heteroatoms. The van der Waals surface area contributed by atoms with E-state index in [1.54, 1.807) is 11.8 Å². The van der Waals surface area contributed by atoms with Crippen LogP contribution in [0.3, 0.4) is 0 Å². The summed E-state index contributed by atoms with van der Waals surface area (Å²) in [6.45, 7) is 5.37. The van der Waals surface area contributed by atoms with Gasteiger partial charge in [-0.05, 0) is 23.6 Å². The Bertz CT molecular complexity index is 890. The Balaban J connectivity index is 1.67. The summed E-state index contributed by atoms with van der Waals surface area (Å²) in [5.41, 5.74) is 3.87. The van der Waals surface area contributed by atoms with E-state index in [1.165, 1.54) is 16.7 Å². The lowest BCUT2D eigenvalue weighted by Gasteiger charge is -2.27. The molecule has 140 valence electrons. The molecule has 27 heavy (non-hydrogen) atoms. The topological polar surface area (TPSA) is 43.2 Å². The Labute approximate surface area is 164 Å². The van der Waals surface area contributed by atoms with E-state index in [0.717, 1.165) is 37.4 Å². The van der Waals surface area contributed by atoms with E-state index >= 15 is 0 Å². The quantitative estimate of drug-likeness (QED) is 0.629. The summed E-state index contributed by atoms with van der Waals surface area (Å²) < 4.78 is 7.56. The summed E-state index contributed by atoms with van der Waals surface area (Å²) in [7, 11) is 2.05. The largest absolute Gasteiger partial charge is 0.378 e. The first-order chi connectivity index (χ1) is 13.2. The zero-order valence-corrected chi connectivity index (χ0v) is 16.5. The van der Waals surface area contributed by atoms with Gasteiger partial charge in [-0.3, -0.25) is 4.57 Å². The van der Waals surface area contributed by atoms with Crippen LogP contribution in [-0.2, 0) is 11.8 Å². The zero-order chi connectivity index (χ0) is 18.6. The molecule has 4 rings (SSSR count). The molecule has 0 spiro atoms. The van der Waals surface area contributed by atoms with Crippen LogP contribution in [0.15, 0.2) is 59.8 Å². The van der Waals surface area contributed by atoms with Crippen LogP contribution in [-0.4, -0.2) is 41.1 Å². The molecular weight excluding hydrogens is 356 g/mol. The van der Waals surface area contributed by atoms with E-state index in [1.807, 2.05) is 7.05 Å². The number of rotatable bonds is 5. The zero-order valence-electron chi connectivity index (χ0n) is 15.7. The molecule has 0 radical (unpaired) electrons. The van der Waals surface area contributed by atoms with Crippen molar-refractivity contribution >= 4 is 17.7 Å². The molecule has 0 amide bonds. The smallest absolute Gasteiger partial charge is 0.227 e. The van der Waals surface area contributed by atoms with Crippen molar-refractivity contribution in [3.63, 3.8) is 0 Å². The van der Waals surface area contributed by atoms with Gasteiger partial charge in [-0.15, -0.1) is 10.2 Å². The third-order valence-corrected chi connectivity index (χ3v) is 6.23. The summed E-state index contributed by atoms with van der Waals surface area (Å²) in [6, 6.07) is 19.2. The lowest BCUT2D eigenvalue weighted by molar-refractivity contribution is 0.121. The van der Waals surface area contributed by atoms with Crippen LogP contribution in [0.5, 0.6) is 0 Å². The fourth-order valence-corrected chi connectivity index (χ4v) is 4.60. The van der Waals surface area contributed by atoms with Crippen LogP contribution in [0.25, 0.3) is 0 Å². The number of aryl methyl sites for hydroxylation is 1. The average Bonchev–Trinajstić information content (AvgIpc) is 3.08. The minimum atomic E-state index is 0.174. The van der Waals surface area contributed by atoms with Crippen LogP contribution in [0.2, 0.25) is 0 Å². The van der Waals surface area contributed by atoms with Crippen molar-refractivity contribution < 1.29 is 4.74 Å². The number of anilines is 1. The van der Waals surface area contributed by atoms with Gasteiger partial charge in [-0.1, -0.05) is 66.4 Å². The fraction of sp³-hybridized carbons (Fsp3) is 0.333. The molecule has 1 aliphatic rings. The van der Waals surface area contributed by atoms with Crippen LogP contribution < -0.4 is 4.90 Å². The van der Waals surface area contributed by atoms with Gasteiger partial charge < -0.3 is 9.64 Å². The Hall–Kier alpha value is -2.31. The highest BCUT2D eigenvalue weighted by molar-refractivity contribution is 7.99. The van der Waals surface area contributed by atoms with Gasteiger partial charge in [0.1, 0.15) is 0 Å². The van der Waals surface area contributed by atoms with Crippen molar-refractivity contribution in [1.82, 2.24) is 14.8 Å². The highest BCUT2D eigenvalue weighted by Gasteiger charge is 2.23. The number of hydrogen-bond donors (Lipinski definition) is 0. The molecule has 0 aliphatic carbocycles. The molecule has 3 aromatic rings. The highest BCUT2D eigenvalue weighted by atomic mass is 32.2. The van der Waals surface area contributed by atoms with Crippen molar-refractivity contribution in [3.05, 3.63) is 71.3 Å². The van der Waals surface area contributed by atoms with E-state index < -0.39 is 0 Å². The molecule has 1 atom stereocenters. The van der Waals surface area contributed by atoms with Crippen molar-refractivity contribution in [2.45, 2.75) is 17.3 Å². The van der Waals surface area contributed by atoms with Crippen LogP contribution in [0, 0.1) is 6.92 Å². The van der Waals surface area contributed by atoms with E-state index in [2.05, 4.69) is 81.2 Å². The molecule has 1 aromatic heterocycles. The Morgan fingerprint density at radius 1 is 0.963 bits per heavy atom. The maximum absolute atomic E-state index is 5.46. The predicted octanol–water partition coefficient (Wildman–Crippen LogP) is 3.84.